The molecule has 1 aromatic rings. The molecule has 0 aliphatic carbocycles. The minimum Gasteiger partial charge on any atom is -0.351 e. The Morgan fingerprint density at radius 1 is 1.23 bits per heavy atom. The number of amides is 1. The quantitative estimate of drug-likeness (QED) is 0.836. The molecule has 6 nitrogen and oxygen atoms in total. The van der Waals surface area contributed by atoms with Crippen LogP contribution in [-0.4, -0.2) is 52.3 Å². The number of likely N-dealkylation sites (tertiary alicyclic amines) is 1. The fourth-order valence-electron chi connectivity index (χ4n) is 2.96. The van der Waals surface area contributed by atoms with Gasteiger partial charge in [0.15, 0.2) is 5.16 Å². The van der Waals surface area contributed by atoms with Gasteiger partial charge in [0.2, 0.25) is 0 Å². The van der Waals surface area contributed by atoms with Gasteiger partial charge < -0.3 is 10.2 Å². The molecule has 1 N–H and O–H groups in total. The topological polar surface area (TPSA) is 67.2 Å². The van der Waals surface area contributed by atoms with E-state index in [1.165, 1.54) is 31.9 Å². The smallest absolute Gasteiger partial charge is 0.267 e. The molecule has 0 spiro atoms. The summed E-state index contributed by atoms with van der Waals surface area (Å²) in [6.07, 6.45) is 6.49. The van der Waals surface area contributed by atoms with E-state index in [4.69, 9.17) is 0 Å². The van der Waals surface area contributed by atoms with Gasteiger partial charge in [-0.1, -0.05) is 24.6 Å². The lowest BCUT2D eigenvalue weighted by atomic mass is 10.2. The molecule has 3 heterocycles. The molecule has 0 radical (unpaired) electrons. The lowest BCUT2D eigenvalue weighted by molar-refractivity contribution is 0.0945. The van der Waals surface area contributed by atoms with Gasteiger partial charge in [0.25, 0.3) is 11.5 Å². The van der Waals surface area contributed by atoms with E-state index in [1.807, 2.05) is 0 Å². The third-order valence-corrected chi connectivity index (χ3v) is 5.18. The third-order valence-electron chi connectivity index (χ3n) is 4.21. The van der Waals surface area contributed by atoms with Gasteiger partial charge in [0.1, 0.15) is 5.56 Å². The summed E-state index contributed by atoms with van der Waals surface area (Å²) in [5.74, 6) is 0.543. The maximum atomic E-state index is 12.3. The minimum absolute atomic E-state index is 0.155. The van der Waals surface area contributed by atoms with Crippen LogP contribution in [0.25, 0.3) is 0 Å². The van der Waals surface area contributed by atoms with Crippen molar-refractivity contribution < 1.29 is 4.79 Å². The van der Waals surface area contributed by atoms with Crippen molar-refractivity contribution in [2.75, 3.05) is 31.9 Å². The van der Waals surface area contributed by atoms with Gasteiger partial charge in [-0.05, 0) is 25.9 Å². The largest absolute Gasteiger partial charge is 0.351 e. The van der Waals surface area contributed by atoms with Crippen LogP contribution >= 0.6 is 11.8 Å². The van der Waals surface area contributed by atoms with Crippen LogP contribution < -0.4 is 10.9 Å². The molecular formula is C15H22N4O2S. The summed E-state index contributed by atoms with van der Waals surface area (Å²) in [6, 6.07) is 0. The van der Waals surface area contributed by atoms with Gasteiger partial charge >= 0.3 is 0 Å². The zero-order valence-electron chi connectivity index (χ0n) is 12.7. The van der Waals surface area contributed by atoms with Crippen LogP contribution in [0.5, 0.6) is 0 Å². The molecule has 0 aromatic carbocycles. The second kappa shape index (κ2) is 7.28. The standard InChI is InChI=1S/C15H22N4O2S/c20-13(16-5-8-18-6-3-1-2-4-7-18)12-11-17-15-19(14(12)21)9-10-22-15/h11H,1-10H2,(H,16,20). The van der Waals surface area contributed by atoms with Crippen LogP contribution in [0.15, 0.2) is 16.1 Å². The summed E-state index contributed by atoms with van der Waals surface area (Å²) in [4.78, 5) is 31.0. The van der Waals surface area contributed by atoms with E-state index < -0.39 is 0 Å². The summed E-state index contributed by atoms with van der Waals surface area (Å²) < 4.78 is 1.59. The minimum atomic E-state index is -0.306. The number of nitrogens with zero attached hydrogens (tertiary/aromatic N) is 3. The molecule has 3 rings (SSSR count). The zero-order chi connectivity index (χ0) is 15.4. The van der Waals surface area contributed by atoms with Gasteiger partial charge in [-0.15, -0.1) is 0 Å². The molecule has 0 bridgehead atoms. The molecule has 7 heteroatoms. The van der Waals surface area contributed by atoms with Crippen molar-refractivity contribution in [1.29, 1.82) is 0 Å². The Morgan fingerprint density at radius 3 is 2.77 bits per heavy atom. The number of hydrogen-bond acceptors (Lipinski definition) is 5. The first-order chi connectivity index (χ1) is 10.8. The maximum absolute atomic E-state index is 12.3. The molecule has 120 valence electrons. The summed E-state index contributed by atoms with van der Waals surface area (Å²) in [5, 5.41) is 3.57. The first-order valence-corrected chi connectivity index (χ1v) is 8.97. The first-order valence-electron chi connectivity index (χ1n) is 7.99. The van der Waals surface area contributed by atoms with E-state index >= 15 is 0 Å². The average molecular weight is 322 g/mol. The highest BCUT2D eigenvalue weighted by atomic mass is 32.2. The Hall–Kier alpha value is -1.34. The molecule has 0 saturated carbocycles. The average Bonchev–Trinajstić information content (AvgIpc) is 2.85. The highest BCUT2D eigenvalue weighted by Gasteiger charge is 2.19. The SMILES string of the molecule is O=C(NCCN1CCCCCC1)c1cnc2n(c1=O)CCS2. The second-order valence-corrected chi connectivity index (χ2v) is 6.83. The number of aromatic nitrogens is 2. The van der Waals surface area contributed by atoms with Gasteiger partial charge in [0.05, 0.1) is 0 Å². The Kier molecular flexibility index (Phi) is 5.15. The number of carbonyl (C=O) groups excluding carboxylic acids is 1. The molecular weight excluding hydrogens is 300 g/mol. The predicted octanol–water partition coefficient (Wildman–Crippen LogP) is 0.955. The maximum Gasteiger partial charge on any atom is 0.267 e. The predicted molar refractivity (Wildman–Crippen MR) is 86.5 cm³/mol. The van der Waals surface area contributed by atoms with Crippen molar-refractivity contribution in [2.24, 2.45) is 0 Å². The normalized spacial score (nSPS) is 18.7. The Labute approximate surface area is 134 Å². The number of hydrogen-bond donors (Lipinski definition) is 1. The van der Waals surface area contributed by atoms with E-state index in [0.29, 0.717) is 18.2 Å². The number of rotatable bonds is 4. The van der Waals surface area contributed by atoms with Crippen molar-refractivity contribution >= 4 is 17.7 Å². The fourth-order valence-corrected chi connectivity index (χ4v) is 3.87. The second-order valence-electron chi connectivity index (χ2n) is 5.77. The highest BCUT2D eigenvalue weighted by molar-refractivity contribution is 7.99. The summed E-state index contributed by atoms with van der Waals surface area (Å²) in [5.41, 5.74) is -0.0654. The van der Waals surface area contributed by atoms with Crippen LogP contribution in [-0.2, 0) is 6.54 Å². The van der Waals surface area contributed by atoms with Crippen molar-refractivity contribution in [3.8, 4) is 0 Å². The van der Waals surface area contributed by atoms with Gasteiger partial charge in [-0.2, -0.15) is 0 Å². The number of thioether (sulfide) groups is 1. The Balaban J connectivity index is 1.55. The molecule has 2 aliphatic heterocycles. The van der Waals surface area contributed by atoms with E-state index in [1.54, 1.807) is 16.3 Å². The van der Waals surface area contributed by atoms with Crippen LogP contribution in [0.4, 0.5) is 0 Å². The van der Waals surface area contributed by atoms with Crippen molar-refractivity contribution in [3.63, 3.8) is 0 Å². The zero-order valence-corrected chi connectivity index (χ0v) is 13.5. The van der Waals surface area contributed by atoms with Crippen LogP contribution in [0, 0.1) is 0 Å². The Bertz CT molecular complexity index is 594. The lowest BCUT2D eigenvalue weighted by Gasteiger charge is -2.19. The van der Waals surface area contributed by atoms with E-state index in [-0.39, 0.29) is 17.0 Å². The molecule has 2 aliphatic rings. The highest BCUT2D eigenvalue weighted by Crippen LogP contribution is 2.20. The molecule has 1 saturated heterocycles. The van der Waals surface area contributed by atoms with Crippen LogP contribution in [0.3, 0.4) is 0 Å². The lowest BCUT2D eigenvalue weighted by Crippen LogP contribution is -2.38. The first kappa shape index (κ1) is 15.6. The van der Waals surface area contributed by atoms with Crippen molar-refractivity contribution in [3.05, 3.63) is 22.1 Å². The molecule has 0 atom stereocenters. The molecule has 22 heavy (non-hydrogen) atoms. The van der Waals surface area contributed by atoms with Gasteiger partial charge in [0, 0.05) is 31.6 Å². The van der Waals surface area contributed by atoms with Crippen molar-refractivity contribution in [2.45, 2.75) is 37.4 Å². The number of nitrogens with one attached hydrogen (secondary N) is 1. The number of carbonyl (C=O) groups is 1. The molecule has 0 unspecified atom stereocenters. The van der Waals surface area contributed by atoms with Crippen molar-refractivity contribution in [1.82, 2.24) is 19.8 Å². The molecule has 1 aromatic heterocycles. The molecule has 1 fully saturated rings. The molecule has 1 amide bonds. The van der Waals surface area contributed by atoms with Crippen LogP contribution in [0.1, 0.15) is 36.0 Å². The fraction of sp³-hybridized carbons (Fsp3) is 0.667. The number of fused-ring (bicyclic) bond motifs is 1. The third kappa shape index (κ3) is 3.52. The summed E-state index contributed by atoms with van der Waals surface area (Å²) >= 11 is 1.55. The summed E-state index contributed by atoms with van der Waals surface area (Å²) in [6.45, 7) is 4.28. The van der Waals surface area contributed by atoms with E-state index in [0.717, 1.165) is 25.4 Å². The Morgan fingerprint density at radius 2 is 2.00 bits per heavy atom. The van der Waals surface area contributed by atoms with E-state index in [9.17, 15) is 9.59 Å². The van der Waals surface area contributed by atoms with Crippen LogP contribution in [0.2, 0.25) is 0 Å². The summed E-state index contributed by atoms with van der Waals surface area (Å²) in [7, 11) is 0. The van der Waals surface area contributed by atoms with E-state index in [2.05, 4.69) is 15.2 Å². The van der Waals surface area contributed by atoms with Gasteiger partial charge in [-0.25, -0.2) is 4.98 Å². The monoisotopic (exact) mass is 322 g/mol. The van der Waals surface area contributed by atoms with Gasteiger partial charge in [-0.3, -0.25) is 14.2 Å².